The molecule has 0 aromatic heterocycles. The summed E-state index contributed by atoms with van der Waals surface area (Å²) in [6.45, 7) is 4.16. The van der Waals surface area contributed by atoms with Crippen molar-refractivity contribution in [3.63, 3.8) is 0 Å². The Labute approximate surface area is 102 Å². The van der Waals surface area contributed by atoms with Gasteiger partial charge in [0.05, 0.1) is 12.5 Å². The molecule has 0 saturated heterocycles. The molecule has 0 heterocycles. The lowest BCUT2D eigenvalue weighted by molar-refractivity contribution is 1.21. The number of aryl methyl sites for hydroxylation is 2. The first kappa shape index (κ1) is 11.4. The summed E-state index contributed by atoms with van der Waals surface area (Å²) in [7, 11) is 0. The molecule has 1 heteroatoms. The largest absolute Gasteiger partial charge is 0.198 e. The van der Waals surface area contributed by atoms with Crippen molar-refractivity contribution in [2.24, 2.45) is 0 Å². The summed E-state index contributed by atoms with van der Waals surface area (Å²) in [5.41, 5.74) is 6.00. The van der Waals surface area contributed by atoms with Gasteiger partial charge in [0.15, 0.2) is 0 Å². The van der Waals surface area contributed by atoms with E-state index in [0.717, 1.165) is 5.56 Å². The molecule has 0 fully saturated rings. The van der Waals surface area contributed by atoms with Gasteiger partial charge in [-0.3, -0.25) is 0 Å². The Morgan fingerprint density at radius 2 is 1.76 bits per heavy atom. The molecule has 0 N–H and O–H groups in total. The second-order valence-corrected chi connectivity index (χ2v) is 4.29. The van der Waals surface area contributed by atoms with Gasteiger partial charge in [-0.15, -0.1) is 0 Å². The first-order chi connectivity index (χ1) is 8.22. The average Bonchev–Trinajstić information content (AvgIpc) is 2.33. The molecule has 1 nitrogen and oxygen atoms in total. The van der Waals surface area contributed by atoms with Gasteiger partial charge in [0.1, 0.15) is 0 Å². The molecule has 0 atom stereocenters. The summed E-state index contributed by atoms with van der Waals surface area (Å²) in [4.78, 5) is 0. The van der Waals surface area contributed by atoms with Crippen molar-refractivity contribution in [3.8, 4) is 17.2 Å². The molecule has 0 saturated carbocycles. The van der Waals surface area contributed by atoms with Gasteiger partial charge in [-0.25, -0.2) is 0 Å². The molecular weight excluding hydrogens is 206 g/mol. The van der Waals surface area contributed by atoms with E-state index in [-0.39, 0.29) is 0 Å². The highest BCUT2D eigenvalue weighted by atomic mass is 14.2. The molecule has 2 rings (SSSR count). The summed E-state index contributed by atoms with van der Waals surface area (Å²) >= 11 is 0. The predicted molar refractivity (Wildman–Crippen MR) is 70.7 cm³/mol. The van der Waals surface area contributed by atoms with Crippen LogP contribution in [0.1, 0.15) is 16.7 Å². The third-order valence-corrected chi connectivity index (χ3v) is 3.07. The standard InChI is InChI=1S/C16H15N/c1-12-7-8-15(11-14(12)9-10-17)16-6-4-3-5-13(16)2/h3-8,11H,9H2,1-2H3. The van der Waals surface area contributed by atoms with Crippen LogP contribution in [0.4, 0.5) is 0 Å². The zero-order valence-corrected chi connectivity index (χ0v) is 10.2. The van der Waals surface area contributed by atoms with Gasteiger partial charge < -0.3 is 0 Å². The molecule has 0 aliphatic rings. The number of hydrogen-bond donors (Lipinski definition) is 0. The van der Waals surface area contributed by atoms with Crippen molar-refractivity contribution in [1.82, 2.24) is 0 Å². The number of nitriles is 1. The monoisotopic (exact) mass is 221 g/mol. The van der Waals surface area contributed by atoms with Gasteiger partial charge in [-0.1, -0.05) is 36.4 Å². The fourth-order valence-electron chi connectivity index (χ4n) is 2.01. The van der Waals surface area contributed by atoms with Crippen LogP contribution in [0.15, 0.2) is 42.5 Å². The summed E-state index contributed by atoms with van der Waals surface area (Å²) in [6, 6.07) is 16.9. The van der Waals surface area contributed by atoms with E-state index >= 15 is 0 Å². The predicted octanol–water partition coefficient (Wildman–Crippen LogP) is 4.04. The molecule has 2 aromatic rings. The zero-order valence-electron chi connectivity index (χ0n) is 10.2. The van der Waals surface area contributed by atoms with Gasteiger partial charge in [0.2, 0.25) is 0 Å². The van der Waals surface area contributed by atoms with Gasteiger partial charge in [-0.05, 0) is 47.7 Å². The van der Waals surface area contributed by atoms with Crippen LogP contribution in [0.25, 0.3) is 11.1 Å². The van der Waals surface area contributed by atoms with Crippen molar-refractivity contribution < 1.29 is 0 Å². The molecule has 0 aliphatic heterocycles. The normalized spacial score (nSPS) is 9.94. The van der Waals surface area contributed by atoms with Crippen molar-refractivity contribution in [2.45, 2.75) is 20.3 Å². The highest BCUT2D eigenvalue weighted by molar-refractivity contribution is 5.68. The molecule has 0 bridgehead atoms. The highest BCUT2D eigenvalue weighted by Gasteiger charge is 2.04. The molecule has 0 aliphatic carbocycles. The van der Waals surface area contributed by atoms with Crippen molar-refractivity contribution in [1.29, 1.82) is 5.26 Å². The summed E-state index contributed by atoms with van der Waals surface area (Å²) < 4.78 is 0. The lowest BCUT2D eigenvalue weighted by atomic mass is 9.96. The Kier molecular flexibility index (Phi) is 3.25. The quantitative estimate of drug-likeness (QED) is 0.751. The second kappa shape index (κ2) is 4.84. The molecule has 0 amide bonds. The van der Waals surface area contributed by atoms with Crippen molar-refractivity contribution in [2.75, 3.05) is 0 Å². The SMILES string of the molecule is Cc1ccc(-c2ccccc2C)cc1CC#N. The first-order valence-corrected chi connectivity index (χ1v) is 5.75. The van der Waals surface area contributed by atoms with Crippen LogP contribution in [0.5, 0.6) is 0 Å². The Morgan fingerprint density at radius 1 is 1.00 bits per heavy atom. The molecule has 17 heavy (non-hydrogen) atoms. The van der Waals surface area contributed by atoms with E-state index in [4.69, 9.17) is 5.26 Å². The van der Waals surface area contributed by atoms with Crippen LogP contribution >= 0.6 is 0 Å². The minimum absolute atomic E-state index is 0.478. The van der Waals surface area contributed by atoms with E-state index in [0.29, 0.717) is 6.42 Å². The van der Waals surface area contributed by atoms with E-state index in [2.05, 4.69) is 43.3 Å². The van der Waals surface area contributed by atoms with Crippen LogP contribution in [-0.2, 0) is 6.42 Å². The van der Waals surface area contributed by atoms with E-state index in [9.17, 15) is 0 Å². The van der Waals surface area contributed by atoms with E-state index in [1.165, 1.54) is 22.3 Å². The maximum absolute atomic E-state index is 8.81. The lowest BCUT2D eigenvalue weighted by Gasteiger charge is -2.09. The molecular formula is C16H15N. The third-order valence-electron chi connectivity index (χ3n) is 3.07. The zero-order chi connectivity index (χ0) is 12.3. The van der Waals surface area contributed by atoms with Crippen LogP contribution in [0, 0.1) is 25.2 Å². The van der Waals surface area contributed by atoms with Gasteiger partial charge in [0.25, 0.3) is 0 Å². The number of hydrogen-bond acceptors (Lipinski definition) is 1. The number of benzene rings is 2. The van der Waals surface area contributed by atoms with Crippen LogP contribution < -0.4 is 0 Å². The Hall–Kier alpha value is -2.07. The average molecular weight is 221 g/mol. The van der Waals surface area contributed by atoms with E-state index < -0.39 is 0 Å². The van der Waals surface area contributed by atoms with Gasteiger partial charge >= 0.3 is 0 Å². The Balaban J connectivity index is 2.51. The second-order valence-electron chi connectivity index (χ2n) is 4.29. The van der Waals surface area contributed by atoms with E-state index in [1.54, 1.807) is 0 Å². The van der Waals surface area contributed by atoms with Crippen molar-refractivity contribution >= 4 is 0 Å². The van der Waals surface area contributed by atoms with Crippen LogP contribution in [0.3, 0.4) is 0 Å². The minimum Gasteiger partial charge on any atom is -0.198 e. The fraction of sp³-hybridized carbons (Fsp3) is 0.188. The van der Waals surface area contributed by atoms with E-state index in [1.807, 2.05) is 19.1 Å². The maximum Gasteiger partial charge on any atom is 0.0669 e. The molecule has 84 valence electrons. The van der Waals surface area contributed by atoms with Crippen LogP contribution in [-0.4, -0.2) is 0 Å². The third kappa shape index (κ3) is 2.37. The number of nitrogens with zero attached hydrogens (tertiary/aromatic N) is 1. The first-order valence-electron chi connectivity index (χ1n) is 5.75. The molecule has 0 spiro atoms. The summed E-state index contributed by atoms with van der Waals surface area (Å²) in [5.74, 6) is 0. The lowest BCUT2D eigenvalue weighted by Crippen LogP contribution is -1.90. The summed E-state index contributed by atoms with van der Waals surface area (Å²) in [6.07, 6.45) is 0.478. The minimum atomic E-state index is 0.478. The topological polar surface area (TPSA) is 23.8 Å². The summed E-state index contributed by atoms with van der Waals surface area (Å²) in [5, 5.41) is 8.81. The molecule has 0 unspecified atom stereocenters. The van der Waals surface area contributed by atoms with Crippen LogP contribution in [0.2, 0.25) is 0 Å². The molecule has 0 radical (unpaired) electrons. The van der Waals surface area contributed by atoms with Gasteiger partial charge in [0, 0.05) is 0 Å². The number of rotatable bonds is 2. The Bertz CT molecular complexity index is 576. The molecule has 2 aromatic carbocycles. The Morgan fingerprint density at radius 3 is 2.47 bits per heavy atom. The highest BCUT2D eigenvalue weighted by Crippen LogP contribution is 2.25. The van der Waals surface area contributed by atoms with Gasteiger partial charge in [-0.2, -0.15) is 5.26 Å². The smallest absolute Gasteiger partial charge is 0.0669 e. The fourth-order valence-corrected chi connectivity index (χ4v) is 2.01. The maximum atomic E-state index is 8.81. The van der Waals surface area contributed by atoms with Crippen molar-refractivity contribution in [3.05, 3.63) is 59.2 Å².